The van der Waals surface area contributed by atoms with Gasteiger partial charge in [0.15, 0.2) is 0 Å². The zero-order valence-electron chi connectivity index (χ0n) is 16.2. The molecule has 0 radical (unpaired) electrons. The maximum Gasteiger partial charge on any atom is 0.224 e. The van der Waals surface area contributed by atoms with Gasteiger partial charge in [0.1, 0.15) is 11.9 Å². The Morgan fingerprint density at radius 1 is 1.10 bits per heavy atom. The van der Waals surface area contributed by atoms with E-state index in [-0.39, 0.29) is 18.1 Å². The smallest absolute Gasteiger partial charge is 0.224 e. The minimum atomic E-state index is -0.173. The lowest BCUT2D eigenvalue weighted by Crippen LogP contribution is -2.46. The first-order valence-corrected chi connectivity index (χ1v) is 10.8. The molecule has 2 aliphatic heterocycles. The molecule has 1 atom stereocenters. The van der Waals surface area contributed by atoms with Gasteiger partial charge in [-0.1, -0.05) is 35.3 Å². The van der Waals surface area contributed by atoms with Gasteiger partial charge in [0.05, 0.1) is 18.7 Å². The van der Waals surface area contributed by atoms with Crippen LogP contribution in [0.1, 0.15) is 24.8 Å². The molecule has 0 saturated carbocycles. The molecule has 0 aliphatic carbocycles. The zero-order valence-corrected chi connectivity index (χ0v) is 17.7. The number of halogens is 2. The fraction of sp³-hybridized carbons (Fsp3) is 0.409. The summed E-state index contributed by atoms with van der Waals surface area (Å²) in [5.74, 6) is 0.791. The Morgan fingerprint density at radius 3 is 2.59 bits per heavy atom. The Kier molecular flexibility index (Phi) is 6.48. The van der Waals surface area contributed by atoms with Crippen molar-refractivity contribution in [1.82, 2.24) is 10.2 Å². The van der Waals surface area contributed by atoms with E-state index in [1.165, 1.54) is 5.56 Å². The second kappa shape index (κ2) is 9.24. The number of benzene rings is 2. The summed E-state index contributed by atoms with van der Waals surface area (Å²) in [5, 5.41) is 7.90. The normalized spacial score (nSPS) is 19.7. The van der Waals surface area contributed by atoms with Gasteiger partial charge in [-0.3, -0.25) is 9.69 Å². The van der Waals surface area contributed by atoms with E-state index in [9.17, 15) is 4.79 Å². The molecular formula is C22H25Cl2N3O2. The van der Waals surface area contributed by atoms with E-state index in [0.29, 0.717) is 18.0 Å². The van der Waals surface area contributed by atoms with E-state index in [0.717, 1.165) is 48.9 Å². The van der Waals surface area contributed by atoms with Crippen molar-refractivity contribution in [3.8, 4) is 5.75 Å². The van der Waals surface area contributed by atoms with Crippen molar-refractivity contribution in [3.05, 3.63) is 58.1 Å². The topological polar surface area (TPSA) is 53.6 Å². The van der Waals surface area contributed by atoms with Crippen LogP contribution in [0.5, 0.6) is 5.75 Å². The summed E-state index contributed by atoms with van der Waals surface area (Å²) in [6, 6.07) is 13.7. The van der Waals surface area contributed by atoms with Gasteiger partial charge in [-0.25, -0.2) is 0 Å². The first-order valence-electron chi connectivity index (χ1n) is 10.0. The summed E-state index contributed by atoms with van der Waals surface area (Å²) in [6.07, 6.45) is 2.10. The number of piperidine rings is 1. The van der Waals surface area contributed by atoms with Crippen LogP contribution in [0.15, 0.2) is 42.5 Å². The molecule has 0 spiro atoms. The van der Waals surface area contributed by atoms with Crippen LogP contribution in [-0.4, -0.2) is 42.6 Å². The van der Waals surface area contributed by atoms with Crippen molar-refractivity contribution < 1.29 is 9.53 Å². The highest BCUT2D eigenvalue weighted by Gasteiger charge is 2.25. The number of nitrogens with zero attached hydrogens (tertiary/aromatic N) is 1. The Labute approximate surface area is 181 Å². The second-order valence-electron chi connectivity index (χ2n) is 7.71. The van der Waals surface area contributed by atoms with Gasteiger partial charge in [0.25, 0.3) is 0 Å². The minimum absolute atomic E-state index is 0.0466. The fourth-order valence-electron chi connectivity index (χ4n) is 3.88. The lowest BCUT2D eigenvalue weighted by atomic mass is 10.0. The highest BCUT2D eigenvalue weighted by atomic mass is 35.5. The van der Waals surface area contributed by atoms with Gasteiger partial charge in [-0.15, -0.1) is 0 Å². The van der Waals surface area contributed by atoms with Crippen LogP contribution in [0.3, 0.4) is 0 Å². The molecule has 2 aromatic rings. The lowest BCUT2D eigenvalue weighted by molar-refractivity contribution is -0.123. The third-order valence-electron chi connectivity index (χ3n) is 5.44. The van der Waals surface area contributed by atoms with Crippen LogP contribution >= 0.6 is 23.2 Å². The predicted octanol–water partition coefficient (Wildman–Crippen LogP) is 4.34. The zero-order chi connectivity index (χ0) is 20.2. The average molecular weight is 434 g/mol. The molecule has 154 valence electrons. The average Bonchev–Trinajstić information content (AvgIpc) is 2.71. The predicted molar refractivity (Wildman–Crippen MR) is 117 cm³/mol. The summed E-state index contributed by atoms with van der Waals surface area (Å²) >= 11 is 12.0. The van der Waals surface area contributed by atoms with Crippen molar-refractivity contribution in [3.63, 3.8) is 0 Å². The number of hydrogen-bond donors (Lipinski definition) is 2. The molecule has 1 saturated heterocycles. The summed E-state index contributed by atoms with van der Waals surface area (Å²) < 4.78 is 5.94. The first-order chi connectivity index (χ1) is 14.0. The van der Waals surface area contributed by atoms with E-state index < -0.39 is 0 Å². The fourth-order valence-corrected chi connectivity index (χ4v) is 4.18. The molecule has 5 nitrogen and oxygen atoms in total. The van der Waals surface area contributed by atoms with Crippen LogP contribution in [0.2, 0.25) is 10.0 Å². The van der Waals surface area contributed by atoms with Crippen LogP contribution in [-0.2, 0) is 11.3 Å². The van der Waals surface area contributed by atoms with Crippen molar-refractivity contribution in [2.24, 2.45) is 0 Å². The molecule has 1 unspecified atom stereocenters. The molecule has 1 amide bonds. The Balaban J connectivity index is 1.20. The third kappa shape index (κ3) is 5.56. The van der Waals surface area contributed by atoms with Crippen molar-refractivity contribution >= 4 is 34.8 Å². The highest BCUT2D eigenvalue weighted by molar-refractivity contribution is 6.31. The number of amides is 1. The number of anilines is 1. The minimum Gasteiger partial charge on any atom is -0.486 e. The van der Waals surface area contributed by atoms with E-state index in [1.54, 1.807) is 6.07 Å². The van der Waals surface area contributed by atoms with Gasteiger partial charge in [0, 0.05) is 35.7 Å². The number of hydrogen-bond acceptors (Lipinski definition) is 4. The van der Waals surface area contributed by atoms with E-state index >= 15 is 0 Å². The molecule has 2 aromatic carbocycles. The maximum absolute atomic E-state index is 12.5. The summed E-state index contributed by atoms with van der Waals surface area (Å²) in [6.45, 7) is 3.47. The number of fused-ring (bicyclic) bond motifs is 1. The van der Waals surface area contributed by atoms with E-state index in [1.807, 2.05) is 24.3 Å². The molecule has 2 aliphatic rings. The summed E-state index contributed by atoms with van der Waals surface area (Å²) in [4.78, 5) is 14.9. The molecule has 1 fully saturated rings. The number of carbonyl (C=O) groups excluding carboxylic acids is 1. The molecule has 0 aromatic heterocycles. The quantitative estimate of drug-likeness (QED) is 0.736. The molecule has 2 heterocycles. The van der Waals surface area contributed by atoms with Gasteiger partial charge in [-0.05, 0) is 48.7 Å². The standard InChI is InChI=1S/C22H25Cl2N3O2/c23-16-3-1-15(2-4-16)14-27-9-7-18(8-10-27)26-22(28)12-19-13-25-20-11-17(24)5-6-21(20)29-19/h1-6,11,18-19,25H,7-10,12-14H2,(H,26,28). The molecule has 2 N–H and O–H groups in total. The van der Waals surface area contributed by atoms with E-state index in [4.69, 9.17) is 27.9 Å². The van der Waals surface area contributed by atoms with Crippen LogP contribution in [0.25, 0.3) is 0 Å². The van der Waals surface area contributed by atoms with Gasteiger partial charge in [0.2, 0.25) is 5.91 Å². The Morgan fingerprint density at radius 2 is 1.83 bits per heavy atom. The number of likely N-dealkylation sites (tertiary alicyclic amines) is 1. The second-order valence-corrected chi connectivity index (χ2v) is 8.58. The largest absolute Gasteiger partial charge is 0.486 e. The van der Waals surface area contributed by atoms with E-state index in [2.05, 4.69) is 27.7 Å². The number of ether oxygens (including phenoxy) is 1. The number of carbonyl (C=O) groups is 1. The van der Waals surface area contributed by atoms with Crippen LogP contribution in [0.4, 0.5) is 5.69 Å². The molecule has 0 bridgehead atoms. The maximum atomic E-state index is 12.5. The molecule has 4 rings (SSSR count). The molecular weight excluding hydrogens is 409 g/mol. The van der Waals surface area contributed by atoms with Crippen molar-refractivity contribution in [2.45, 2.75) is 38.0 Å². The van der Waals surface area contributed by atoms with Gasteiger partial charge < -0.3 is 15.4 Å². The molecule has 29 heavy (non-hydrogen) atoms. The van der Waals surface area contributed by atoms with Crippen molar-refractivity contribution in [1.29, 1.82) is 0 Å². The number of nitrogens with one attached hydrogen (secondary N) is 2. The highest BCUT2D eigenvalue weighted by Crippen LogP contribution is 2.32. The lowest BCUT2D eigenvalue weighted by Gasteiger charge is -2.33. The monoisotopic (exact) mass is 433 g/mol. The molecule has 7 heteroatoms. The SMILES string of the molecule is O=C(CC1CNc2cc(Cl)ccc2O1)NC1CCN(Cc2ccc(Cl)cc2)CC1. The van der Waals surface area contributed by atoms with Crippen molar-refractivity contribution in [2.75, 3.05) is 25.0 Å². The Bertz CT molecular complexity index is 852. The Hall–Kier alpha value is -1.95. The van der Waals surface area contributed by atoms with Crippen LogP contribution < -0.4 is 15.4 Å². The van der Waals surface area contributed by atoms with Crippen LogP contribution in [0, 0.1) is 0 Å². The van der Waals surface area contributed by atoms with Gasteiger partial charge >= 0.3 is 0 Å². The first kappa shape index (κ1) is 20.3. The van der Waals surface area contributed by atoms with Gasteiger partial charge in [-0.2, -0.15) is 0 Å². The number of rotatable bonds is 5. The summed E-state index contributed by atoms with van der Waals surface area (Å²) in [7, 11) is 0. The third-order valence-corrected chi connectivity index (χ3v) is 5.93. The summed E-state index contributed by atoms with van der Waals surface area (Å²) in [5.41, 5.74) is 2.14.